The molecule has 0 bridgehead atoms. The van der Waals surface area contributed by atoms with E-state index in [0.29, 0.717) is 21.2 Å². The number of esters is 1. The Hall–Kier alpha value is -2.72. The lowest BCUT2D eigenvalue weighted by Crippen LogP contribution is -2.30. The molecule has 8 heteroatoms. The molecule has 1 aliphatic heterocycles. The van der Waals surface area contributed by atoms with Gasteiger partial charge in [-0.3, -0.25) is 4.79 Å². The number of hydrogen-bond acceptors (Lipinski definition) is 5. The monoisotopic (exact) mass is 458 g/mol. The molecule has 0 saturated heterocycles. The van der Waals surface area contributed by atoms with E-state index in [1.165, 1.54) is 18.7 Å². The van der Waals surface area contributed by atoms with E-state index in [1.807, 2.05) is 30.3 Å². The van der Waals surface area contributed by atoms with Crippen LogP contribution in [0.3, 0.4) is 0 Å². The largest absolute Gasteiger partial charge is 0.460 e. The van der Waals surface area contributed by atoms with Crippen LogP contribution in [0.4, 0.5) is 0 Å². The van der Waals surface area contributed by atoms with Crippen molar-refractivity contribution in [2.45, 2.75) is 16.7 Å². The van der Waals surface area contributed by atoms with E-state index >= 15 is 0 Å². The molecule has 5 nitrogen and oxygen atoms in total. The Labute approximate surface area is 188 Å². The van der Waals surface area contributed by atoms with Crippen LogP contribution in [0, 0.1) is 11.3 Å². The third-order valence-corrected chi connectivity index (χ3v) is 6.05. The van der Waals surface area contributed by atoms with Gasteiger partial charge in [-0.05, 0) is 30.7 Å². The van der Waals surface area contributed by atoms with Gasteiger partial charge in [0.1, 0.15) is 18.2 Å². The van der Waals surface area contributed by atoms with Gasteiger partial charge in [-0.1, -0.05) is 59.7 Å². The van der Waals surface area contributed by atoms with Gasteiger partial charge in [-0.15, -0.1) is 0 Å². The number of nitrogens with one attached hydrogen (secondary N) is 1. The van der Waals surface area contributed by atoms with Crippen LogP contribution < -0.4 is 5.32 Å². The predicted octanol–water partition coefficient (Wildman–Crippen LogP) is 5.02. The molecule has 0 aromatic heterocycles. The van der Waals surface area contributed by atoms with Crippen molar-refractivity contribution in [3.8, 4) is 6.07 Å². The number of ether oxygens (including phenoxy) is 1. The van der Waals surface area contributed by atoms with Gasteiger partial charge in [0.05, 0.1) is 11.6 Å². The number of hydrogen-bond donors (Lipinski definition) is 1. The van der Waals surface area contributed by atoms with Crippen LogP contribution in [0.5, 0.6) is 0 Å². The molecule has 1 amide bonds. The molecule has 0 unspecified atom stereocenters. The van der Waals surface area contributed by atoms with E-state index in [2.05, 4.69) is 11.9 Å². The molecule has 2 aromatic rings. The maximum absolute atomic E-state index is 12.8. The second-order valence-electron chi connectivity index (χ2n) is 6.40. The first-order valence-corrected chi connectivity index (χ1v) is 10.4. The van der Waals surface area contributed by atoms with Crippen molar-refractivity contribution in [2.24, 2.45) is 0 Å². The number of carbonyl (C=O) groups excluding carboxylic acids is 2. The van der Waals surface area contributed by atoms with Gasteiger partial charge in [0.2, 0.25) is 0 Å². The lowest BCUT2D eigenvalue weighted by Gasteiger charge is -2.24. The van der Waals surface area contributed by atoms with Crippen molar-refractivity contribution in [3.05, 3.63) is 75.3 Å². The number of rotatable bonds is 5. The van der Waals surface area contributed by atoms with Gasteiger partial charge in [-0.2, -0.15) is 5.26 Å². The molecule has 2 aromatic carbocycles. The average Bonchev–Trinajstić information content (AvgIpc) is 2.71. The minimum atomic E-state index is -0.581. The fourth-order valence-corrected chi connectivity index (χ4v) is 4.56. The Kier molecular flexibility index (Phi) is 6.88. The highest BCUT2D eigenvalue weighted by Gasteiger charge is 2.28. The summed E-state index contributed by atoms with van der Waals surface area (Å²) in [6, 6.07) is 12.8. The van der Waals surface area contributed by atoms with Gasteiger partial charge in [0.25, 0.3) is 5.91 Å². The highest BCUT2D eigenvalue weighted by atomic mass is 35.5. The SMILES string of the molecule is C=C(C)C(=O)OCCNC(=O)C(C#N)=C1c2ccccc2Sc2c(Cl)cc(Cl)cc21. The summed E-state index contributed by atoms with van der Waals surface area (Å²) in [6.07, 6.45) is 0. The summed E-state index contributed by atoms with van der Waals surface area (Å²) in [7, 11) is 0. The van der Waals surface area contributed by atoms with Crippen molar-refractivity contribution < 1.29 is 14.3 Å². The van der Waals surface area contributed by atoms with Crippen molar-refractivity contribution in [2.75, 3.05) is 13.2 Å². The molecule has 3 rings (SSSR count). The lowest BCUT2D eigenvalue weighted by molar-refractivity contribution is -0.139. The second-order valence-corrected chi connectivity index (χ2v) is 8.29. The van der Waals surface area contributed by atoms with Gasteiger partial charge >= 0.3 is 5.97 Å². The van der Waals surface area contributed by atoms with Crippen molar-refractivity contribution in [3.63, 3.8) is 0 Å². The van der Waals surface area contributed by atoms with Crippen molar-refractivity contribution in [1.29, 1.82) is 5.26 Å². The first-order valence-electron chi connectivity index (χ1n) is 8.85. The summed E-state index contributed by atoms with van der Waals surface area (Å²) in [5, 5.41) is 13.3. The van der Waals surface area contributed by atoms with Crippen LogP contribution >= 0.6 is 35.0 Å². The van der Waals surface area contributed by atoms with E-state index in [9.17, 15) is 14.9 Å². The first kappa shape index (κ1) is 22.0. The van der Waals surface area contributed by atoms with Gasteiger partial charge < -0.3 is 10.1 Å². The van der Waals surface area contributed by atoms with Crippen molar-refractivity contribution in [1.82, 2.24) is 5.32 Å². The fourth-order valence-electron chi connectivity index (χ4n) is 2.88. The third kappa shape index (κ3) is 4.54. The number of fused-ring (bicyclic) bond motifs is 2. The maximum Gasteiger partial charge on any atom is 0.333 e. The molecule has 0 fully saturated rings. The second kappa shape index (κ2) is 9.40. The zero-order valence-corrected chi connectivity index (χ0v) is 18.2. The topological polar surface area (TPSA) is 79.2 Å². The number of nitriles is 1. The first-order chi connectivity index (χ1) is 14.3. The van der Waals surface area contributed by atoms with Crippen LogP contribution in [0.15, 0.2) is 63.9 Å². The zero-order valence-electron chi connectivity index (χ0n) is 15.9. The Morgan fingerprint density at radius 2 is 1.97 bits per heavy atom. The normalized spacial score (nSPS) is 13.4. The van der Waals surface area contributed by atoms with Crippen LogP contribution in [0.2, 0.25) is 10.0 Å². The molecular formula is C22H16Cl2N2O3S. The van der Waals surface area contributed by atoms with E-state index in [0.717, 1.165) is 15.4 Å². The standard InChI is InChI=1S/C22H16Cl2N2O3S/c1-12(2)22(28)29-8-7-26-21(27)16(11-25)19-14-5-3-4-6-18(14)30-20-15(19)9-13(23)10-17(20)24/h3-6,9-10H,1,7-8H2,2H3,(H,26,27). The van der Waals surface area contributed by atoms with Gasteiger partial charge in [0.15, 0.2) is 0 Å². The van der Waals surface area contributed by atoms with Crippen LogP contribution in [-0.2, 0) is 14.3 Å². The Morgan fingerprint density at radius 3 is 2.67 bits per heavy atom. The Balaban J connectivity index is 1.98. The quantitative estimate of drug-likeness (QED) is 0.251. The summed E-state index contributed by atoms with van der Waals surface area (Å²) in [6.45, 7) is 5.04. The van der Waals surface area contributed by atoms with E-state index in [4.69, 9.17) is 27.9 Å². The molecule has 152 valence electrons. The highest BCUT2D eigenvalue weighted by molar-refractivity contribution is 7.99. The molecule has 30 heavy (non-hydrogen) atoms. The lowest BCUT2D eigenvalue weighted by atomic mass is 9.92. The third-order valence-electron chi connectivity index (χ3n) is 4.20. The number of halogens is 2. The molecule has 0 atom stereocenters. The minimum absolute atomic E-state index is 0.0356. The van der Waals surface area contributed by atoms with E-state index in [-0.39, 0.29) is 24.3 Å². The minimum Gasteiger partial charge on any atom is -0.460 e. The Bertz CT molecular complexity index is 1140. The molecule has 1 heterocycles. The predicted molar refractivity (Wildman–Crippen MR) is 117 cm³/mol. The molecule has 0 spiro atoms. The van der Waals surface area contributed by atoms with Crippen molar-refractivity contribution >= 4 is 52.4 Å². The summed E-state index contributed by atoms with van der Waals surface area (Å²) in [4.78, 5) is 25.9. The summed E-state index contributed by atoms with van der Waals surface area (Å²) in [5.41, 5.74) is 2.02. The fraction of sp³-hybridized carbons (Fsp3) is 0.136. The number of carbonyl (C=O) groups is 2. The molecule has 0 radical (unpaired) electrons. The smallest absolute Gasteiger partial charge is 0.333 e. The maximum atomic E-state index is 12.8. The molecule has 1 N–H and O–H groups in total. The number of nitrogens with zero attached hydrogens (tertiary/aromatic N) is 1. The summed E-state index contributed by atoms with van der Waals surface area (Å²) in [5.74, 6) is -1.12. The van der Waals surface area contributed by atoms with E-state index in [1.54, 1.807) is 12.1 Å². The number of amides is 1. The van der Waals surface area contributed by atoms with Crippen LogP contribution in [0.25, 0.3) is 5.57 Å². The summed E-state index contributed by atoms with van der Waals surface area (Å²) >= 11 is 14.1. The molecular weight excluding hydrogens is 443 g/mol. The molecule has 1 aliphatic rings. The van der Waals surface area contributed by atoms with Crippen LogP contribution in [-0.4, -0.2) is 25.0 Å². The number of benzene rings is 2. The van der Waals surface area contributed by atoms with Crippen LogP contribution in [0.1, 0.15) is 18.1 Å². The van der Waals surface area contributed by atoms with Gasteiger partial charge in [0, 0.05) is 31.5 Å². The summed E-state index contributed by atoms with van der Waals surface area (Å²) < 4.78 is 4.97. The highest BCUT2D eigenvalue weighted by Crippen LogP contribution is 2.50. The van der Waals surface area contributed by atoms with Gasteiger partial charge in [-0.25, -0.2) is 4.79 Å². The van der Waals surface area contributed by atoms with E-state index < -0.39 is 11.9 Å². The molecule has 0 aliphatic carbocycles. The zero-order chi connectivity index (χ0) is 21.8. The average molecular weight is 459 g/mol. The molecule has 0 saturated carbocycles. The Morgan fingerprint density at radius 1 is 1.23 bits per heavy atom.